The highest BCUT2D eigenvalue weighted by Crippen LogP contribution is 2.20. The van der Waals surface area contributed by atoms with Crippen LogP contribution in [0.15, 0.2) is 46.1 Å². The van der Waals surface area contributed by atoms with Crippen molar-refractivity contribution in [2.45, 2.75) is 24.9 Å². The summed E-state index contributed by atoms with van der Waals surface area (Å²) in [6.07, 6.45) is 0. The number of aromatic nitrogens is 5. The minimum Gasteiger partial charge on any atom is -0.338 e. The Morgan fingerprint density at radius 1 is 1.33 bits per heavy atom. The third-order valence-corrected chi connectivity index (χ3v) is 4.08. The van der Waals surface area contributed by atoms with Gasteiger partial charge < -0.3 is 4.52 Å². The highest BCUT2D eigenvalue weighted by molar-refractivity contribution is 7.99. The normalized spacial score (nSPS) is 11.0. The summed E-state index contributed by atoms with van der Waals surface area (Å²) in [6.45, 7) is 4.01. The van der Waals surface area contributed by atoms with E-state index in [1.165, 1.54) is 11.8 Å². The van der Waals surface area contributed by atoms with Crippen molar-refractivity contribution in [2.75, 3.05) is 11.1 Å². The van der Waals surface area contributed by atoms with Crippen molar-refractivity contribution in [1.82, 2.24) is 25.4 Å². The minimum atomic E-state index is -0.214. The van der Waals surface area contributed by atoms with Crippen LogP contribution in [0.25, 0.3) is 5.69 Å². The minimum absolute atomic E-state index is 0.158. The van der Waals surface area contributed by atoms with Crippen LogP contribution < -0.4 is 5.32 Å². The van der Waals surface area contributed by atoms with Gasteiger partial charge in [0, 0.05) is 6.07 Å². The van der Waals surface area contributed by atoms with E-state index in [0.29, 0.717) is 11.0 Å². The van der Waals surface area contributed by atoms with Gasteiger partial charge in [-0.05, 0) is 28.5 Å². The number of carbonyl (C=O) groups excluding carboxylic acids is 1. The summed E-state index contributed by atoms with van der Waals surface area (Å²) in [4.78, 5) is 12.0. The maximum atomic E-state index is 12.0. The molecule has 0 aliphatic rings. The predicted octanol–water partition coefficient (Wildman–Crippen LogP) is 2.50. The molecule has 124 valence electrons. The number of anilines is 1. The fourth-order valence-corrected chi connectivity index (χ4v) is 2.61. The van der Waals surface area contributed by atoms with E-state index < -0.39 is 0 Å². The van der Waals surface area contributed by atoms with Gasteiger partial charge in [-0.3, -0.25) is 10.1 Å². The van der Waals surface area contributed by atoms with Gasteiger partial charge in [0.05, 0.1) is 17.1 Å². The first-order chi connectivity index (χ1) is 11.6. The van der Waals surface area contributed by atoms with Crippen LogP contribution in [0.5, 0.6) is 0 Å². The largest absolute Gasteiger partial charge is 0.338 e. The fourth-order valence-electron chi connectivity index (χ4n) is 1.92. The van der Waals surface area contributed by atoms with Crippen LogP contribution in [0.1, 0.15) is 25.5 Å². The lowest BCUT2D eigenvalue weighted by molar-refractivity contribution is -0.113. The van der Waals surface area contributed by atoms with Crippen molar-refractivity contribution in [3.05, 3.63) is 42.1 Å². The van der Waals surface area contributed by atoms with Gasteiger partial charge in [0.25, 0.3) is 0 Å². The first kappa shape index (κ1) is 16.2. The first-order valence-electron chi connectivity index (χ1n) is 7.36. The third kappa shape index (κ3) is 3.80. The number of thioether (sulfide) groups is 1. The number of tetrazole rings is 1. The average molecular weight is 344 g/mol. The first-order valence-corrected chi connectivity index (χ1v) is 8.35. The molecule has 0 saturated heterocycles. The van der Waals surface area contributed by atoms with Gasteiger partial charge in [0.1, 0.15) is 0 Å². The monoisotopic (exact) mass is 344 g/mol. The topological polar surface area (TPSA) is 98.7 Å². The molecule has 0 aliphatic heterocycles. The molecule has 0 unspecified atom stereocenters. The summed E-state index contributed by atoms with van der Waals surface area (Å²) in [5, 5.41) is 18.7. The number of rotatable bonds is 6. The molecule has 0 fully saturated rings. The van der Waals surface area contributed by atoms with Crippen molar-refractivity contribution >= 4 is 23.6 Å². The lowest BCUT2D eigenvalue weighted by atomic mass is 10.1. The third-order valence-electron chi connectivity index (χ3n) is 3.16. The summed E-state index contributed by atoms with van der Waals surface area (Å²) in [7, 11) is 0. The molecule has 0 spiro atoms. The van der Waals surface area contributed by atoms with Crippen molar-refractivity contribution in [2.24, 2.45) is 0 Å². The van der Waals surface area contributed by atoms with Crippen molar-refractivity contribution in [3.63, 3.8) is 0 Å². The van der Waals surface area contributed by atoms with Crippen LogP contribution in [0.3, 0.4) is 0 Å². The van der Waals surface area contributed by atoms with Gasteiger partial charge in [-0.1, -0.05) is 49.0 Å². The Hall–Kier alpha value is -2.68. The van der Waals surface area contributed by atoms with Crippen molar-refractivity contribution in [1.29, 1.82) is 0 Å². The van der Waals surface area contributed by atoms with Gasteiger partial charge in [-0.2, -0.15) is 4.68 Å². The Labute approximate surface area is 142 Å². The Morgan fingerprint density at radius 3 is 2.83 bits per heavy atom. The van der Waals surface area contributed by atoms with E-state index in [1.807, 2.05) is 44.2 Å². The van der Waals surface area contributed by atoms with E-state index in [2.05, 4.69) is 26.0 Å². The summed E-state index contributed by atoms with van der Waals surface area (Å²) >= 11 is 1.24. The van der Waals surface area contributed by atoms with Gasteiger partial charge in [0.15, 0.2) is 0 Å². The summed E-state index contributed by atoms with van der Waals surface area (Å²) in [6, 6.07) is 11.2. The zero-order valence-corrected chi connectivity index (χ0v) is 14.0. The van der Waals surface area contributed by atoms with Gasteiger partial charge in [-0.25, -0.2) is 0 Å². The zero-order chi connectivity index (χ0) is 16.9. The average Bonchev–Trinajstić information content (AvgIpc) is 3.23. The summed E-state index contributed by atoms with van der Waals surface area (Å²) in [5.74, 6) is 0.524. The molecule has 1 N–H and O–H groups in total. The Bertz CT molecular complexity index is 814. The molecule has 0 atom stereocenters. The number of hydrogen-bond donors (Lipinski definition) is 1. The highest BCUT2D eigenvalue weighted by atomic mass is 32.2. The SMILES string of the molecule is CC(C)c1cc(NC(=O)CSc2nnnn2-c2ccccc2)on1. The predicted molar refractivity (Wildman–Crippen MR) is 89.1 cm³/mol. The molecule has 1 aromatic carbocycles. The van der Waals surface area contributed by atoms with Crippen molar-refractivity contribution < 1.29 is 9.32 Å². The molecule has 2 aromatic heterocycles. The van der Waals surface area contributed by atoms with Gasteiger partial charge >= 0.3 is 0 Å². The van der Waals surface area contributed by atoms with E-state index in [1.54, 1.807) is 10.7 Å². The number of hydrogen-bond acceptors (Lipinski definition) is 7. The maximum Gasteiger partial charge on any atom is 0.237 e. The Morgan fingerprint density at radius 2 is 2.12 bits per heavy atom. The molecule has 1 amide bonds. The van der Waals surface area contributed by atoms with Crippen LogP contribution in [0.2, 0.25) is 0 Å². The second-order valence-corrected chi connectivity index (χ2v) is 6.26. The van der Waals surface area contributed by atoms with E-state index in [-0.39, 0.29) is 17.6 Å². The maximum absolute atomic E-state index is 12.0. The van der Waals surface area contributed by atoms with Crippen molar-refractivity contribution in [3.8, 4) is 5.69 Å². The number of para-hydroxylation sites is 1. The second-order valence-electron chi connectivity index (χ2n) is 5.32. The van der Waals surface area contributed by atoms with Crippen LogP contribution in [0, 0.1) is 0 Å². The fraction of sp³-hybridized carbons (Fsp3) is 0.267. The Kier molecular flexibility index (Phi) is 4.90. The van der Waals surface area contributed by atoms with E-state index in [9.17, 15) is 4.79 Å². The van der Waals surface area contributed by atoms with Crippen LogP contribution in [-0.4, -0.2) is 37.0 Å². The molecule has 3 rings (SSSR count). The molecule has 0 saturated carbocycles. The Balaban J connectivity index is 1.60. The van der Waals surface area contributed by atoms with Crippen LogP contribution >= 0.6 is 11.8 Å². The highest BCUT2D eigenvalue weighted by Gasteiger charge is 2.14. The number of nitrogens with one attached hydrogen (secondary N) is 1. The molecule has 9 heteroatoms. The van der Waals surface area contributed by atoms with Gasteiger partial charge in [-0.15, -0.1) is 5.10 Å². The lowest BCUT2D eigenvalue weighted by Gasteiger charge is -2.03. The molecule has 0 bridgehead atoms. The van der Waals surface area contributed by atoms with Crippen LogP contribution in [-0.2, 0) is 4.79 Å². The zero-order valence-electron chi connectivity index (χ0n) is 13.2. The number of amides is 1. The standard InChI is InChI=1S/C15H16N6O2S/c1-10(2)12-8-14(23-18-12)16-13(22)9-24-15-17-19-20-21(15)11-6-4-3-5-7-11/h3-8,10H,9H2,1-2H3,(H,16,22). The number of carbonyl (C=O) groups is 1. The molecule has 8 nitrogen and oxygen atoms in total. The molecule has 0 aliphatic carbocycles. The van der Waals surface area contributed by atoms with E-state index in [4.69, 9.17) is 4.52 Å². The second kappa shape index (κ2) is 7.26. The van der Waals surface area contributed by atoms with Gasteiger partial charge in [0.2, 0.25) is 16.9 Å². The number of nitrogens with zero attached hydrogens (tertiary/aromatic N) is 5. The molecule has 2 heterocycles. The molecule has 3 aromatic rings. The quantitative estimate of drug-likeness (QED) is 0.686. The molecule has 24 heavy (non-hydrogen) atoms. The summed E-state index contributed by atoms with van der Waals surface area (Å²) < 4.78 is 6.68. The van der Waals surface area contributed by atoms with E-state index in [0.717, 1.165) is 11.4 Å². The van der Waals surface area contributed by atoms with Crippen LogP contribution in [0.4, 0.5) is 5.88 Å². The smallest absolute Gasteiger partial charge is 0.237 e. The molecule has 0 radical (unpaired) electrons. The lowest BCUT2D eigenvalue weighted by Crippen LogP contribution is -2.14. The summed E-state index contributed by atoms with van der Waals surface area (Å²) in [5.41, 5.74) is 1.63. The molecular weight excluding hydrogens is 328 g/mol. The number of benzene rings is 1. The molecular formula is C15H16N6O2S. The van der Waals surface area contributed by atoms with E-state index >= 15 is 0 Å².